The lowest BCUT2D eigenvalue weighted by atomic mass is 10.1. The third-order valence-electron chi connectivity index (χ3n) is 4.23. The first kappa shape index (κ1) is 18.6. The number of H-pyrrole nitrogens is 1. The van der Waals surface area contributed by atoms with Crippen LogP contribution in [0.1, 0.15) is 18.1 Å². The van der Waals surface area contributed by atoms with Gasteiger partial charge in [-0.3, -0.25) is 4.79 Å². The van der Waals surface area contributed by atoms with E-state index in [1.54, 1.807) is 13.0 Å². The van der Waals surface area contributed by atoms with Gasteiger partial charge in [0.2, 0.25) is 10.0 Å². The SMILES string of the molecule is CCN(Cc1cc2cc(C)ccc2[nH]c1=O)S(=O)(=O)c1ccc(Cl)cc1. The lowest BCUT2D eigenvalue weighted by Crippen LogP contribution is -2.32. The Bertz CT molecular complexity index is 1110. The number of hydrogen-bond acceptors (Lipinski definition) is 3. The Balaban J connectivity index is 2.00. The summed E-state index contributed by atoms with van der Waals surface area (Å²) in [6, 6.07) is 13.5. The van der Waals surface area contributed by atoms with Gasteiger partial charge >= 0.3 is 0 Å². The van der Waals surface area contributed by atoms with E-state index in [1.165, 1.54) is 28.6 Å². The molecule has 0 bridgehead atoms. The van der Waals surface area contributed by atoms with Crippen LogP contribution in [0.15, 0.2) is 58.2 Å². The molecule has 3 aromatic rings. The summed E-state index contributed by atoms with van der Waals surface area (Å²) in [6.45, 7) is 3.96. The zero-order valence-electron chi connectivity index (χ0n) is 14.5. The van der Waals surface area contributed by atoms with E-state index in [0.717, 1.165) is 16.5 Å². The number of rotatable bonds is 5. The molecule has 0 aliphatic carbocycles. The molecule has 1 N–H and O–H groups in total. The molecule has 0 spiro atoms. The van der Waals surface area contributed by atoms with E-state index in [9.17, 15) is 13.2 Å². The summed E-state index contributed by atoms with van der Waals surface area (Å²) in [6.07, 6.45) is 0. The van der Waals surface area contributed by atoms with Gasteiger partial charge in [-0.05, 0) is 54.8 Å². The minimum atomic E-state index is -3.72. The van der Waals surface area contributed by atoms with Gasteiger partial charge in [-0.2, -0.15) is 4.31 Å². The molecule has 3 rings (SSSR count). The summed E-state index contributed by atoms with van der Waals surface area (Å²) in [4.78, 5) is 15.4. The number of aromatic amines is 1. The lowest BCUT2D eigenvalue weighted by molar-refractivity contribution is 0.422. The van der Waals surface area contributed by atoms with Gasteiger partial charge in [0.15, 0.2) is 0 Å². The maximum atomic E-state index is 12.9. The van der Waals surface area contributed by atoms with Crippen LogP contribution in [0.2, 0.25) is 5.02 Å². The fraction of sp³-hybridized carbons (Fsp3) is 0.211. The van der Waals surface area contributed by atoms with Gasteiger partial charge < -0.3 is 4.98 Å². The molecule has 5 nitrogen and oxygen atoms in total. The fourth-order valence-electron chi connectivity index (χ4n) is 2.80. The first-order valence-electron chi connectivity index (χ1n) is 8.19. The number of halogens is 1. The van der Waals surface area contributed by atoms with Crippen molar-refractivity contribution in [2.45, 2.75) is 25.3 Å². The molecule has 0 unspecified atom stereocenters. The number of sulfonamides is 1. The minimum absolute atomic E-state index is 0.000670. The summed E-state index contributed by atoms with van der Waals surface area (Å²) >= 11 is 5.84. The number of nitrogens with one attached hydrogen (secondary N) is 1. The van der Waals surface area contributed by atoms with Crippen LogP contribution in [0, 0.1) is 6.92 Å². The van der Waals surface area contributed by atoms with Crippen molar-refractivity contribution in [1.29, 1.82) is 0 Å². The summed E-state index contributed by atoms with van der Waals surface area (Å²) in [5, 5.41) is 1.34. The van der Waals surface area contributed by atoms with Crippen LogP contribution in [0.25, 0.3) is 10.9 Å². The van der Waals surface area contributed by atoms with E-state index in [2.05, 4.69) is 4.98 Å². The molecule has 0 atom stereocenters. The van der Waals surface area contributed by atoms with Gasteiger partial charge in [0.05, 0.1) is 4.90 Å². The van der Waals surface area contributed by atoms with Crippen LogP contribution in [0.3, 0.4) is 0 Å². The molecule has 1 aromatic heterocycles. The highest BCUT2D eigenvalue weighted by molar-refractivity contribution is 7.89. The van der Waals surface area contributed by atoms with E-state index in [0.29, 0.717) is 10.6 Å². The van der Waals surface area contributed by atoms with E-state index in [1.807, 2.05) is 25.1 Å². The van der Waals surface area contributed by atoms with Crippen LogP contribution in [-0.2, 0) is 16.6 Å². The Kier molecular flexibility index (Phi) is 5.18. The van der Waals surface area contributed by atoms with Crippen molar-refractivity contribution in [3.8, 4) is 0 Å². The number of aromatic nitrogens is 1. The fourth-order valence-corrected chi connectivity index (χ4v) is 4.35. The number of hydrogen-bond donors (Lipinski definition) is 1. The number of aryl methyl sites for hydroxylation is 1. The van der Waals surface area contributed by atoms with E-state index in [4.69, 9.17) is 11.6 Å². The van der Waals surface area contributed by atoms with Gasteiger partial charge in [0.25, 0.3) is 5.56 Å². The van der Waals surface area contributed by atoms with Crippen LogP contribution in [0.5, 0.6) is 0 Å². The van der Waals surface area contributed by atoms with Crippen LogP contribution in [0.4, 0.5) is 0 Å². The smallest absolute Gasteiger partial charge is 0.252 e. The van der Waals surface area contributed by atoms with Crippen molar-refractivity contribution in [2.24, 2.45) is 0 Å². The highest BCUT2D eigenvalue weighted by Gasteiger charge is 2.24. The van der Waals surface area contributed by atoms with Crippen molar-refractivity contribution in [3.63, 3.8) is 0 Å². The Morgan fingerprint density at radius 2 is 1.77 bits per heavy atom. The average Bonchev–Trinajstić information content (AvgIpc) is 2.60. The molecule has 0 amide bonds. The van der Waals surface area contributed by atoms with Crippen LogP contribution >= 0.6 is 11.6 Å². The molecule has 136 valence electrons. The van der Waals surface area contributed by atoms with Crippen molar-refractivity contribution < 1.29 is 8.42 Å². The monoisotopic (exact) mass is 390 g/mol. The molecule has 0 aliphatic heterocycles. The Hall–Kier alpha value is -2.15. The Labute approximate surface area is 157 Å². The Morgan fingerprint density at radius 3 is 2.42 bits per heavy atom. The topological polar surface area (TPSA) is 70.2 Å². The third-order valence-corrected chi connectivity index (χ3v) is 6.41. The van der Waals surface area contributed by atoms with Crippen molar-refractivity contribution in [3.05, 3.63) is 75.0 Å². The number of nitrogens with zero attached hydrogens (tertiary/aromatic N) is 1. The summed E-state index contributed by atoms with van der Waals surface area (Å²) in [5.41, 5.74) is 1.91. The largest absolute Gasteiger partial charge is 0.322 e. The quantitative estimate of drug-likeness (QED) is 0.722. The lowest BCUT2D eigenvalue weighted by Gasteiger charge is -2.20. The summed E-state index contributed by atoms with van der Waals surface area (Å²) < 4.78 is 27.0. The van der Waals surface area contributed by atoms with E-state index in [-0.39, 0.29) is 23.5 Å². The predicted molar refractivity (Wildman–Crippen MR) is 104 cm³/mol. The molecule has 7 heteroatoms. The van der Waals surface area contributed by atoms with E-state index >= 15 is 0 Å². The van der Waals surface area contributed by atoms with Crippen molar-refractivity contribution in [2.75, 3.05) is 6.54 Å². The van der Waals surface area contributed by atoms with Gasteiger partial charge in [0, 0.05) is 29.2 Å². The maximum Gasteiger partial charge on any atom is 0.252 e. The van der Waals surface area contributed by atoms with Gasteiger partial charge in [-0.25, -0.2) is 8.42 Å². The zero-order chi connectivity index (χ0) is 18.9. The number of pyridine rings is 1. The number of benzene rings is 2. The first-order valence-corrected chi connectivity index (χ1v) is 10.0. The summed E-state index contributed by atoms with van der Waals surface area (Å²) in [7, 11) is -3.72. The standard InChI is InChI=1S/C19H19ClN2O3S/c1-3-22(26(24,25)17-7-5-16(20)6-8-17)12-15-11-14-10-13(2)4-9-18(14)21-19(15)23/h4-11H,3,12H2,1-2H3,(H,21,23). The second kappa shape index (κ2) is 7.23. The summed E-state index contributed by atoms with van der Waals surface area (Å²) in [5.74, 6) is 0. The van der Waals surface area contributed by atoms with Crippen molar-refractivity contribution >= 4 is 32.5 Å². The molecular formula is C19H19ClN2O3S. The van der Waals surface area contributed by atoms with Gasteiger partial charge in [-0.15, -0.1) is 0 Å². The van der Waals surface area contributed by atoms with Gasteiger partial charge in [0.1, 0.15) is 0 Å². The van der Waals surface area contributed by atoms with Gasteiger partial charge in [-0.1, -0.05) is 30.2 Å². The predicted octanol–water partition coefficient (Wildman–Crippen LogP) is 3.70. The molecule has 2 aromatic carbocycles. The van der Waals surface area contributed by atoms with E-state index < -0.39 is 10.0 Å². The highest BCUT2D eigenvalue weighted by atomic mass is 35.5. The minimum Gasteiger partial charge on any atom is -0.322 e. The molecule has 0 saturated carbocycles. The zero-order valence-corrected chi connectivity index (χ0v) is 16.1. The maximum absolute atomic E-state index is 12.9. The second-order valence-electron chi connectivity index (χ2n) is 6.10. The molecular weight excluding hydrogens is 372 g/mol. The highest BCUT2D eigenvalue weighted by Crippen LogP contribution is 2.21. The third kappa shape index (κ3) is 3.67. The van der Waals surface area contributed by atoms with Crippen LogP contribution < -0.4 is 5.56 Å². The molecule has 0 fully saturated rings. The average molecular weight is 391 g/mol. The van der Waals surface area contributed by atoms with Crippen LogP contribution in [-0.4, -0.2) is 24.3 Å². The number of fused-ring (bicyclic) bond motifs is 1. The normalized spacial score (nSPS) is 12.0. The molecule has 0 aliphatic rings. The first-order chi connectivity index (χ1) is 12.3. The van der Waals surface area contributed by atoms with Crippen molar-refractivity contribution in [1.82, 2.24) is 9.29 Å². The molecule has 0 radical (unpaired) electrons. The molecule has 1 heterocycles. The molecule has 26 heavy (non-hydrogen) atoms. The Morgan fingerprint density at radius 1 is 1.08 bits per heavy atom. The second-order valence-corrected chi connectivity index (χ2v) is 8.47. The molecule has 0 saturated heterocycles.